The molecule has 28 heavy (non-hydrogen) atoms. The molecule has 0 aliphatic heterocycles. The monoisotopic (exact) mass is 420 g/mol. The number of carbonyl (C=O) groups is 3. The normalized spacial score (nSPS) is 15.5. The van der Waals surface area contributed by atoms with Crippen LogP contribution in [-0.4, -0.2) is 24.5 Å². The molecule has 2 aromatic rings. The van der Waals surface area contributed by atoms with E-state index >= 15 is 0 Å². The molecule has 2 N–H and O–H groups in total. The molecule has 1 aliphatic rings. The summed E-state index contributed by atoms with van der Waals surface area (Å²) < 4.78 is 4.81. The van der Waals surface area contributed by atoms with Gasteiger partial charge in [0.1, 0.15) is 5.00 Å². The Labute approximate surface area is 172 Å². The van der Waals surface area contributed by atoms with Crippen molar-refractivity contribution in [2.24, 2.45) is 5.92 Å². The van der Waals surface area contributed by atoms with E-state index < -0.39 is 17.9 Å². The summed E-state index contributed by atoms with van der Waals surface area (Å²) >= 11 is 7.49. The van der Waals surface area contributed by atoms with Crippen LogP contribution >= 0.6 is 22.9 Å². The highest BCUT2D eigenvalue weighted by Gasteiger charge is 2.29. The van der Waals surface area contributed by atoms with Crippen LogP contribution in [0, 0.1) is 5.92 Å². The van der Waals surface area contributed by atoms with Gasteiger partial charge < -0.3 is 10.1 Å². The zero-order valence-corrected chi connectivity index (χ0v) is 17.2. The molecule has 3 amide bonds. The standard InChI is InChI=1S/C20H21ClN2O4S/c1-3-27-20(26)23-18(25)16-13-9-8-11(2)10-15(13)28-19(16)22-17(24)12-6-4-5-7-14(12)21/h4-7,11H,3,8-10H2,1-2H3,(H,22,24)(H,23,25,26)/t11-/m1/s1. The highest BCUT2D eigenvalue weighted by molar-refractivity contribution is 7.17. The number of hydrogen-bond acceptors (Lipinski definition) is 5. The van der Waals surface area contributed by atoms with Gasteiger partial charge in [0.25, 0.3) is 11.8 Å². The van der Waals surface area contributed by atoms with Gasteiger partial charge in [-0.15, -0.1) is 11.3 Å². The maximum absolute atomic E-state index is 12.8. The molecule has 8 heteroatoms. The first-order valence-electron chi connectivity index (χ1n) is 9.09. The van der Waals surface area contributed by atoms with Crippen molar-refractivity contribution >= 4 is 45.8 Å². The van der Waals surface area contributed by atoms with E-state index in [0.29, 0.717) is 27.1 Å². The number of benzene rings is 1. The van der Waals surface area contributed by atoms with Crippen LogP contribution < -0.4 is 10.6 Å². The molecule has 0 unspecified atom stereocenters. The average molecular weight is 421 g/mol. The van der Waals surface area contributed by atoms with Gasteiger partial charge in [-0.1, -0.05) is 30.7 Å². The summed E-state index contributed by atoms with van der Waals surface area (Å²) in [4.78, 5) is 38.2. The number of anilines is 1. The number of imide groups is 1. The molecule has 0 bridgehead atoms. The molecule has 1 atom stereocenters. The number of thiophene rings is 1. The van der Waals surface area contributed by atoms with E-state index in [0.717, 1.165) is 29.7 Å². The summed E-state index contributed by atoms with van der Waals surface area (Å²) in [6, 6.07) is 6.70. The van der Waals surface area contributed by atoms with Crippen LogP contribution in [0.4, 0.5) is 9.80 Å². The number of ether oxygens (including phenoxy) is 1. The molecule has 0 spiro atoms. The third-order valence-electron chi connectivity index (χ3n) is 4.58. The first-order chi connectivity index (χ1) is 13.4. The van der Waals surface area contributed by atoms with Gasteiger partial charge in [-0.25, -0.2) is 4.79 Å². The van der Waals surface area contributed by atoms with Crippen LogP contribution in [0.3, 0.4) is 0 Å². The van der Waals surface area contributed by atoms with Crippen molar-refractivity contribution in [2.75, 3.05) is 11.9 Å². The number of hydrogen-bond donors (Lipinski definition) is 2. The van der Waals surface area contributed by atoms with Crippen molar-refractivity contribution < 1.29 is 19.1 Å². The highest BCUT2D eigenvalue weighted by Crippen LogP contribution is 2.40. The Morgan fingerprint density at radius 1 is 1.25 bits per heavy atom. The fraction of sp³-hybridized carbons (Fsp3) is 0.350. The lowest BCUT2D eigenvalue weighted by molar-refractivity contribution is 0.0925. The molecular formula is C20H21ClN2O4S. The van der Waals surface area contributed by atoms with Crippen LogP contribution in [-0.2, 0) is 17.6 Å². The van der Waals surface area contributed by atoms with E-state index in [-0.39, 0.29) is 6.61 Å². The van der Waals surface area contributed by atoms with Crippen LogP contribution in [0.5, 0.6) is 0 Å². The predicted molar refractivity (Wildman–Crippen MR) is 109 cm³/mol. The Balaban J connectivity index is 1.93. The molecule has 1 heterocycles. The second-order valence-corrected chi connectivity index (χ2v) is 8.18. The van der Waals surface area contributed by atoms with Crippen molar-refractivity contribution in [3.63, 3.8) is 0 Å². The minimum absolute atomic E-state index is 0.161. The van der Waals surface area contributed by atoms with Gasteiger partial charge >= 0.3 is 6.09 Å². The molecule has 6 nitrogen and oxygen atoms in total. The summed E-state index contributed by atoms with van der Waals surface area (Å²) in [5, 5.41) is 5.80. The lowest BCUT2D eigenvalue weighted by Crippen LogP contribution is -2.32. The third kappa shape index (κ3) is 4.36. The van der Waals surface area contributed by atoms with Gasteiger partial charge in [0, 0.05) is 4.88 Å². The van der Waals surface area contributed by atoms with E-state index in [1.807, 2.05) is 0 Å². The van der Waals surface area contributed by atoms with Crippen molar-refractivity contribution in [2.45, 2.75) is 33.1 Å². The Bertz CT molecular complexity index is 925. The van der Waals surface area contributed by atoms with Gasteiger partial charge in [-0.2, -0.15) is 0 Å². The summed E-state index contributed by atoms with van der Waals surface area (Å²) in [7, 11) is 0. The Morgan fingerprint density at radius 3 is 2.71 bits per heavy atom. The first-order valence-corrected chi connectivity index (χ1v) is 10.3. The number of fused-ring (bicyclic) bond motifs is 1. The van der Waals surface area contributed by atoms with Crippen molar-refractivity contribution in [3.8, 4) is 0 Å². The molecular weight excluding hydrogens is 400 g/mol. The van der Waals surface area contributed by atoms with Gasteiger partial charge in [-0.05, 0) is 49.8 Å². The minimum atomic E-state index is -0.806. The van der Waals surface area contributed by atoms with E-state index in [2.05, 4.69) is 17.6 Å². The number of nitrogens with one attached hydrogen (secondary N) is 2. The highest BCUT2D eigenvalue weighted by atomic mass is 35.5. The third-order valence-corrected chi connectivity index (χ3v) is 6.07. The second kappa shape index (κ2) is 8.75. The molecule has 0 fully saturated rings. The zero-order valence-electron chi connectivity index (χ0n) is 15.6. The SMILES string of the molecule is CCOC(=O)NC(=O)c1c(NC(=O)c2ccccc2Cl)sc2c1CC[C@@H](C)C2. The van der Waals surface area contributed by atoms with Crippen molar-refractivity contribution in [1.82, 2.24) is 5.32 Å². The molecule has 0 saturated carbocycles. The quantitative estimate of drug-likeness (QED) is 0.753. The van der Waals surface area contributed by atoms with Crippen LogP contribution in [0.1, 0.15) is 51.4 Å². The maximum atomic E-state index is 12.8. The van der Waals surface area contributed by atoms with Gasteiger partial charge in [0.15, 0.2) is 0 Å². The molecule has 1 aromatic heterocycles. The van der Waals surface area contributed by atoms with Crippen molar-refractivity contribution in [3.05, 3.63) is 50.9 Å². The number of rotatable bonds is 4. The predicted octanol–water partition coefficient (Wildman–Crippen LogP) is 4.66. The lowest BCUT2D eigenvalue weighted by Gasteiger charge is -2.18. The average Bonchev–Trinajstić information content (AvgIpc) is 2.98. The van der Waals surface area contributed by atoms with Crippen LogP contribution in [0.15, 0.2) is 24.3 Å². The van der Waals surface area contributed by atoms with Crippen LogP contribution in [0.25, 0.3) is 0 Å². The Morgan fingerprint density at radius 2 is 2.00 bits per heavy atom. The molecule has 0 radical (unpaired) electrons. The zero-order chi connectivity index (χ0) is 20.3. The number of carbonyl (C=O) groups excluding carboxylic acids is 3. The molecule has 3 rings (SSSR count). The molecule has 148 valence electrons. The first kappa shape index (κ1) is 20.4. The Hall–Kier alpha value is -2.38. The Kier molecular flexibility index (Phi) is 6.36. The van der Waals surface area contributed by atoms with Crippen molar-refractivity contribution in [1.29, 1.82) is 0 Å². The second-order valence-electron chi connectivity index (χ2n) is 6.66. The molecule has 1 aromatic carbocycles. The smallest absolute Gasteiger partial charge is 0.414 e. The molecule has 0 saturated heterocycles. The maximum Gasteiger partial charge on any atom is 0.414 e. The fourth-order valence-electron chi connectivity index (χ4n) is 3.22. The summed E-state index contributed by atoms with van der Waals surface area (Å²) in [6.07, 6.45) is 1.70. The molecule has 1 aliphatic carbocycles. The number of alkyl carbamates (subject to hydrolysis) is 1. The fourth-order valence-corrected chi connectivity index (χ4v) is 4.84. The largest absolute Gasteiger partial charge is 0.450 e. The van der Waals surface area contributed by atoms with E-state index in [1.54, 1.807) is 31.2 Å². The summed E-state index contributed by atoms with van der Waals surface area (Å²) in [5.41, 5.74) is 1.54. The van der Waals surface area contributed by atoms with E-state index in [4.69, 9.17) is 16.3 Å². The number of halogens is 1. The minimum Gasteiger partial charge on any atom is -0.450 e. The number of amides is 3. The van der Waals surface area contributed by atoms with Gasteiger partial charge in [0.05, 0.1) is 22.8 Å². The summed E-state index contributed by atoms with van der Waals surface area (Å²) in [6.45, 7) is 3.98. The summed E-state index contributed by atoms with van der Waals surface area (Å²) in [5.74, 6) is -0.471. The topological polar surface area (TPSA) is 84.5 Å². The van der Waals surface area contributed by atoms with E-state index in [1.165, 1.54) is 11.3 Å². The van der Waals surface area contributed by atoms with Crippen LogP contribution in [0.2, 0.25) is 5.02 Å². The van der Waals surface area contributed by atoms with E-state index in [9.17, 15) is 14.4 Å². The van der Waals surface area contributed by atoms with Gasteiger partial charge in [0.2, 0.25) is 0 Å². The van der Waals surface area contributed by atoms with Gasteiger partial charge in [-0.3, -0.25) is 14.9 Å². The lowest BCUT2D eigenvalue weighted by atomic mass is 9.88.